The standard InChI is InChI=1S/C22H21N3O5/c1-28-18-12-20(30-3)19(29-2)11-15(18)13-23-25-22(27)21(26)24-17-10-6-8-14-7-4-5-9-16(14)17/h4-13H,1-3H3,(H,24,26)(H,25,27). The van der Waals surface area contributed by atoms with Crippen molar-refractivity contribution < 1.29 is 23.8 Å². The van der Waals surface area contributed by atoms with Gasteiger partial charge in [-0.05, 0) is 17.5 Å². The summed E-state index contributed by atoms with van der Waals surface area (Å²) >= 11 is 0. The minimum Gasteiger partial charge on any atom is -0.496 e. The number of amides is 2. The topological polar surface area (TPSA) is 98.2 Å². The SMILES string of the molecule is COc1cc(OC)c(OC)cc1C=NNC(=O)C(=O)Nc1cccc2ccccc12. The molecule has 0 aliphatic heterocycles. The molecule has 0 bridgehead atoms. The molecule has 154 valence electrons. The Morgan fingerprint density at radius 3 is 2.23 bits per heavy atom. The summed E-state index contributed by atoms with van der Waals surface area (Å²) < 4.78 is 15.8. The first-order valence-corrected chi connectivity index (χ1v) is 8.99. The highest BCUT2D eigenvalue weighted by Crippen LogP contribution is 2.33. The van der Waals surface area contributed by atoms with Crippen LogP contribution in [0.25, 0.3) is 10.8 Å². The maximum Gasteiger partial charge on any atom is 0.329 e. The van der Waals surface area contributed by atoms with Crippen LogP contribution >= 0.6 is 0 Å². The number of carbonyl (C=O) groups is 2. The maximum atomic E-state index is 12.2. The zero-order chi connectivity index (χ0) is 21.5. The Bertz CT molecular complexity index is 1110. The molecular weight excluding hydrogens is 386 g/mol. The second kappa shape index (κ2) is 9.42. The van der Waals surface area contributed by atoms with Gasteiger partial charge in [-0.3, -0.25) is 9.59 Å². The largest absolute Gasteiger partial charge is 0.496 e. The molecular formula is C22H21N3O5. The fourth-order valence-electron chi connectivity index (χ4n) is 2.88. The molecule has 3 aromatic rings. The number of nitrogens with zero attached hydrogens (tertiary/aromatic N) is 1. The lowest BCUT2D eigenvalue weighted by Crippen LogP contribution is -2.32. The second-order valence-electron chi connectivity index (χ2n) is 6.13. The van der Waals surface area contributed by atoms with Crippen molar-refractivity contribution >= 4 is 34.5 Å². The molecule has 30 heavy (non-hydrogen) atoms. The number of methoxy groups -OCH3 is 3. The predicted octanol–water partition coefficient (Wildman–Crippen LogP) is 2.95. The van der Waals surface area contributed by atoms with E-state index < -0.39 is 11.8 Å². The number of fused-ring (bicyclic) bond motifs is 1. The minimum absolute atomic E-state index is 0.464. The molecule has 0 saturated heterocycles. The average molecular weight is 407 g/mol. The Morgan fingerprint density at radius 2 is 1.50 bits per heavy atom. The van der Waals surface area contributed by atoms with E-state index in [4.69, 9.17) is 14.2 Å². The number of nitrogens with one attached hydrogen (secondary N) is 2. The van der Waals surface area contributed by atoms with Crippen LogP contribution in [0.2, 0.25) is 0 Å². The number of hydrogen-bond acceptors (Lipinski definition) is 6. The second-order valence-corrected chi connectivity index (χ2v) is 6.13. The van der Waals surface area contributed by atoms with E-state index in [1.54, 1.807) is 24.3 Å². The number of benzene rings is 3. The summed E-state index contributed by atoms with van der Waals surface area (Å²) in [4.78, 5) is 24.4. The van der Waals surface area contributed by atoms with Crippen molar-refractivity contribution in [1.29, 1.82) is 0 Å². The predicted molar refractivity (Wildman–Crippen MR) is 114 cm³/mol. The zero-order valence-electron chi connectivity index (χ0n) is 16.8. The Balaban J connectivity index is 1.70. The lowest BCUT2D eigenvalue weighted by Gasteiger charge is -2.11. The molecule has 2 amide bonds. The Kier molecular flexibility index (Phi) is 6.49. The lowest BCUT2D eigenvalue weighted by atomic mass is 10.1. The van der Waals surface area contributed by atoms with E-state index in [-0.39, 0.29) is 0 Å². The van der Waals surface area contributed by atoms with Crippen LogP contribution in [-0.2, 0) is 9.59 Å². The molecule has 8 nitrogen and oxygen atoms in total. The quantitative estimate of drug-likeness (QED) is 0.372. The van der Waals surface area contributed by atoms with Gasteiger partial charge in [-0.15, -0.1) is 0 Å². The number of hydrazone groups is 1. The average Bonchev–Trinajstić information content (AvgIpc) is 2.78. The first kappa shape index (κ1) is 20.7. The van der Waals surface area contributed by atoms with Gasteiger partial charge in [-0.25, -0.2) is 5.43 Å². The summed E-state index contributed by atoms with van der Waals surface area (Å²) in [5, 5.41) is 8.23. The van der Waals surface area contributed by atoms with Crippen LogP contribution in [0.15, 0.2) is 59.7 Å². The van der Waals surface area contributed by atoms with E-state index in [1.807, 2.05) is 30.3 Å². The monoisotopic (exact) mass is 407 g/mol. The molecule has 8 heteroatoms. The summed E-state index contributed by atoms with van der Waals surface area (Å²) in [6.45, 7) is 0. The molecule has 0 aliphatic rings. The number of rotatable bonds is 6. The van der Waals surface area contributed by atoms with E-state index in [9.17, 15) is 9.59 Å². The molecule has 0 fully saturated rings. The van der Waals surface area contributed by atoms with Gasteiger partial charge in [0.15, 0.2) is 11.5 Å². The van der Waals surface area contributed by atoms with Gasteiger partial charge in [0.05, 0.1) is 27.5 Å². The van der Waals surface area contributed by atoms with Gasteiger partial charge in [0, 0.05) is 22.7 Å². The summed E-state index contributed by atoms with van der Waals surface area (Å²) in [5.74, 6) is -0.308. The van der Waals surface area contributed by atoms with E-state index in [0.717, 1.165) is 10.8 Å². The summed E-state index contributed by atoms with van der Waals surface area (Å²) in [6.07, 6.45) is 1.35. The van der Waals surface area contributed by atoms with Crippen LogP contribution in [0.3, 0.4) is 0 Å². The van der Waals surface area contributed by atoms with Gasteiger partial charge in [0.1, 0.15) is 5.75 Å². The Hall–Kier alpha value is -4.07. The van der Waals surface area contributed by atoms with Crippen LogP contribution in [-0.4, -0.2) is 39.4 Å². The van der Waals surface area contributed by atoms with Crippen LogP contribution in [0.5, 0.6) is 17.2 Å². The van der Waals surface area contributed by atoms with Crippen LogP contribution in [0.4, 0.5) is 5.69 Å². The lowest BCUT2D eigenvalue weighted by molar-refractivity contribution is -0.136. The van der Waals surface area contributed by atoms with Crippen molar-refractivity contribution in [3.63, 3.8) is 0 Å². The molecule has 0 saturated carbocycles. The Labute approximate surface area is 173 Å². The smallest absolute Gasteiger partial charge is 0.329 e. The third kappa shape index (κ3) is 4.49. The van der Waals surface area contributed by atoms with Crippen LogP contribution < -0.4 is 25.0 Å². The molecule has 0 aromatic heterocycles. The van der Waals surface area contributed by atoms with E-state index in [1.165, 1.54) is 27.5 Å². The van der Waals surface area contributed by atoms with E-state index >= 15 is 0 Å². The van der Waals surface area contributed by atoms with Crippen molar-refractivity contribution in [3.05, 3.63) is 60.2 Å². The molecule has 0 atom stereocenters. The fraction of sp³-hybridized carbons (Fsp3) is 0.136. The first-order chi connectivity index (χ1) is 14.6. The number of anilines is 1. The molecule has 0 radical (unpaired) electrons. The van der Waals surface area contributed by atoms with Crippen molar-refractivity contribution in [1.82, 2.24) is 5.43 Å². The summed E-state index contributed by atoms with van der Waals surface area (Å²) in [6, 6.07) is 16.3. The molecule has 3 aromatic carbocycles. The molecule has 0 heterocycles. The van der Waals surface area contributed by atoms with Gasteiger partial charge < -0.3 is 19.5 Å². The molecule has 0 aliphatic carbocycles. The highest BCUT2D eigenvalue weighted by molar-refractivity contribution is 6.40. The van der Waals surface area contributed by atoms with E-state index in [2.05, 4.69) is 15.8 Å². The van der Waals surface area contributed by atoms with Gasteiger partial charge in [0.2, 0.25) is 0 Å². The van der Waals surface area contributed by atoms with Gasteiger partial charge in [0.25, 0.3) is 0 Å². The van der Waals surface area contributed by atoms with Crippen LogP contribution in [0, 0.1) is 0 Å². The Morgan fingerprint density at radius 1 is 0.833 bits per heavy atom. The number of carbonyl (C=O) groups excluding carboxylic acids is 2. The normalized spacial score (nSPS) is 10.6. The first-order valence-electron chi connectivity index (χ1n) is 8.99. The fourth-order valence-corrected chi connectivity index (χ4v) is 2.88. The third-order valence-electron chi connectivity index (χ3n) is 4.35. The van der Waals surface area contributed by atoms with Crippen molar-refractivity contribution in [2.75, 3.05) is 26.6 Å². The molecule has 0 unspecified atom stereocenters. The third-order valence-corrected chi connectivity index (χ3v) is 4.35. The maximum absolute atomic E-state index is 12.2. The number of ether oxygens (including phenoxy) is 3. The van der Waals surface area contributed by atoms with Crippen molar-refractivity contribution in [2.24, 2.45) is 5.10 Å². The molecule has 3 rings (SSSR count). The van der Waals surface area contributed by atoms with E-state index in [0.29, 0.717) is 28.5 Å². The van der Waals surface area contributed by atoms with Crippen LogP contribution in [0.1, 0.15) is 5.56 Å². The number of hydrogen-bond donors (Lipinski definition) is 2. The van der Waals surface area contributed by atoms with Gasteiger partial charge in [-0.1, -0.05) is 36.4 Å². The minimum atomic E-state index is -0.904. The summed E-state index contributed by atoms with van der Waals surface area (Å²) in [7, 11) is 4.51. The molecule has 0 spiro atoms. The summed E-state index contributed by atoms with van der Waals surface area (Å²) in [5.41, 5.74) is 3.28. The van der Waals surface area contributed by atoms with Gasteiger partial charge in [-0.2, -0.15) is 5.10 Å². The highest BCUT2D eigenvalue weighted by atomic mass is 16.5. The zero-order valence-corrected chi connectivity index (χ0v) is 16.8. The van der Waals surface area contributed by atoms with Crippen molar-refractivity contribution in [3.8, 4) is 17.2 Å². The van der Waals surface area contributed by atoms with Crippen molar-refractivity contribution in [2.45, 2.75) is 0 Å². The molecule has 2 N–H and O–H groups in total. The highest BCUT2D eigenvalue weighted by Gasteiger charge is 2.15. The van der Waals surface area contributed by atoms with Gasteiger partial charge >= 0.3 is 11.8 Å².